The van der Waals surface area contributed by atoms with Gasteiger partial charge in [0.05, 0.1) is 16.6 Å². The molecule has 1 aromatic heterocycles. The number of rotatable bonds is 4. The molecule has 3 aromatic rings. The first-order chi connectivity index (χ1) is 12.6. The number of amides is 1. The Hall–Kier alpha value is -2.88. The van der Waals surface area contributed by atoms with Gasteiger partial charge in [0.2, 0.25) is 0 Å². The van der Waals surface area contributed by atoms with E-state index in [1.165, 1.54) is 31.3 Å². The van der Waals surface area contributed by atoms with Gasteiger partial charge in [-0.05, 0) is 30.4 Å². The summed E-state index contributed by atoms with van der Waals surface area (Å²) >= 11 is 4.96. The van der Waals surface area contributed by atoms with Gasteiger partial charge in [-0.1, -0.05) is 18.2 Å². The third-order valence-corrected chi connectivity index (χ3v) is 3.98. The van der Waals surface area contributed by atoms with Gasteiger partial charge in [-0.3, -0.25) is 4.79 Å². The highest BCUT2D eigenvalue weighted by Gasteiger charge is 2.32. The molecule has 0 atom stereocenters. The number of hydrogen-bond acceptors (Lipinski definition) is 3. The van der Waals surface area contributed by atoms with Crippen molar-refractivity contribution in [3.8, 4) is 5.75 Å². The van der Waals surface area contributed by atoms with Gasteiger partial charge < -0.3 is 19.6 Å². The van der Waals surface area contributed by atoms with E-state index < -0.39 is 23.8 Å². The molecule has 0 aliphatic heterocycles. The molecule has 0 bridgehead atoms. The summed E-state index contributed by atoms with van der Waals surface area (Å²) in [6.45, 7) is -0.172. The average molecular weight is 399 g/mol. The van der Waals surface area contributed by atoms with Crippen LogP contribution >= 0.6 is 12.2 Å². The Morgan fingerprint density at radius 2 is 1.93 bits per heavy atom. The molecule has 2 N–H and O–H groups in total. The van der Waals surface area contributed by atoms with E-state index in [1.54, 1.807) is 0 Å². The first-order valence-corrected chi connectivity index (χ1v) is 8.05. The molecule has 0 saturated heterocycles. The molecule has 27 heavy (non-hydrogen) atoms. The topological polar surface area (TPSA) is 61.1 Å². The number of carbonyl (C=O) groups excluding carboxylic acids is 1. The number of fused-ring (bicyclic) bond motifs is 1. The maximum atomic E-state index is 13.8. The SMILES string of the molecule is CN(Cc1ccccc1OC(F)(F)F)C(=O)c1cc(F)cc2[nH]c(=S)[nH]c12. The van der Waals surface area contributed by atoms with Gasteiger partial charge in [0, 0.05) is 19.2 Å². The number of aromatic nitrogens is 2. The summed E-state index contributed by atoms with van der Waals surface area (Å²) in [5.41, 5.74) is 0.796. The molecular formula is C17H13F4N3O2S. The molecule has 2 aromatic carbocycles. The maximum absolute atomic E-state index is 13.8. The molecule has 0 saturated carbocycles. The molecule has 0 unspecified atom stereocenters. The summed E-state index contributed by atoms with van der Waals surface area (Å²) in [6, 6.07) is 7.72. The van der Waals surface area contributed by atoms with Crippen LogP contribution in [-0.2, 0) is 6.54 Å². The summed E-state index contributed by atoms with van der Waals surface area (Å²) < 4.78 is 55.7. The third kappa shape index (κ3) is 4.27. The second-order valence-electron chi connectivity index (χ2n) is 5.77. The lowest BCUT2D eigenvalue weighted by molar-refractivity contribution is -0.275. The zero-order chi connectivity index (χ0) is 19.8. The van der Waals surface area contributed by atoms with Crippen LogP contribution in [0.15, 0.2) is 36.4 Å². The minimum atomic E-state index is -4.85. The molecule has 0 aliphatic rings. The number of carbonyl (C=O) groups is 1. The number of ether oxygens (including phenoxy) is 1. The van der Waals surface area contributed by atoms with Gasteiger partial charge in [-0.15, -0.1) is 13.2 Å². The number of hydrogen-bond donors (Lipinski definition) is 2. The van der Waals surface area contributed by atoms with E-state index in [0.29, 0.717) is 11.0 Å². The van der Waals surface area contributed by atoms with Crippen LogP contribution in [0.3, 0.4) is 0 Å². The Morgan fingerprint density at radius 1 is 1.22 bits per heavy atom. The molecular weight excluding hydrogens is 386 g/mol. The fourth-order valence-corrected chi connectivity index (χ4v) is 2.88. The molecule has 10 heteroatoms. The number of alkyl halides is 3. The van der Waals surface area contributed by atoms with Crippen molar-refractivity contribution in [1.82, 2.24) is 14.9 Å². The highest BCUT2D eigenvalue weighted by atomic mass is 32.1. The molecule has 3 rings (SSSR count). The number of halogens is 4. The molecule has 5 nitrogen and oxygen atoms in total. The second-order valence-corrected chi connectivity index (χ2v) is 6.18. The quantitative estimate of drug-likeness (QED) is 0.500. The average Bonchev–Trinajstić information content (AvgIpc) is 2.93. The number of para-hydroxylation sites is 1. The van der Waals surface area contributed by atoms with E-state index in [-0.39, 0.29) is 22.4 Å². The lowest BCUT2D eigenvalue weighted by Crippen LogP contribution is -2.27. The number of nitrogens with zero attached hydrogens (tertiary/aromatic N) is 1. The smallest absolute Gasteiger partial charge is 0.405 e. The molecule has 1 heterocycles. The zero-order valence-electron chi connectivity index (χ0n) is 13.9. The summed E-state index contributed by atoms with van der Waals surface area (Å²) in [6.07, 6.45) is -4.85. The summed E-state index contributed by atoms with van der Waals surface area (Å²) in [5, 5.41) is 0. The second kappa shape index (κ2) is 7.03. The Morgan fingerprint density at radius 3 is 2.63 bits per heavy atom. The Balaban J connectivity index is 1.91. The van der Waals surface area contributed by atoms with Gasteiger partial charge in [-0.25, -0.2) is 4.39 Å². The van der Waals surface area contributed by atoms with Crippen molar-refractivity contribution >= 4 is 29.2 Å². The van der Waals surface area contributed by atoms with Crippen molar-refractivity contribution in [2.24, 2.45) is 0 Å². The number of aromatic amines is 2. The van der Waals surface area contributed by atoms with Crippen LogP contribution in [-0.4, -0.2) is 34.2 Å². The standard InChI is InChI=1S/C17H13F4N3O2S/c1-24(8-9-4-2-3-5-13(9)26-17(19,20)21)15(25)11-6-10(18)7-12-14(11)23-16(27)22-12/h2-7H,8H2,1H3,(H2,22,23,27). The number of benzene rings is 2. The minimum absolute atomic E-state index is 0.00840. The zero-order valence-corrected chi connectivity index (χ0v) is 14.7. The van der Waals surface area contributed by atoms with Crippen LogP contribution in [0.25, 0.3) is 11.0 Å². The molecule has 142 valence electrons. The molecule has 1 amide bonds. The molecule has 0 radical (unpaired) electrons. The van der Waals surface area contributed by atoms with Crippen molar-refractivity contribution in [1.29, 1.82) is 0 Å². The lowest BCUT2D eigenvalue weighted by atomic mass is 10.1. The van der Waals surface area contributed by atoms with Gasteiger partial charge in [-0.2, -0.15) is 0 Å². The molecule has 0 aliphatic carbocycles. The van der Waals surface area contributed by atoms with Crippen molar-refractivity contribution in [3.63, 3.8) is 0 Å². The highest BCUT2D eigenvalue weighted by Crippen LogP contribution is 2.27. The highest BCUT2D eigenvalue weighted by molar-refractivity contribution is 7.71. The van der Waals surface area contributed by atoms with Crippen LogP contribution in [0.5, 0.6) is 5.75 Å². The lowest BCUT2D eigenvalue weighted by Gasteiger charge is -2.20. The minimum Gasteiger partial charge on any atom is -0.405 e. The molecule has 0 fully saturated rings. The number of imidazole rings is 1. The number of nitrogens with one attached hydrogen (secondary N) is 2. The van der Waals surface area contributed by atoms with Crippen molar-refractivity contribution in [3.05, 3.63) is 58.1 Å². The van der Waals surface area contributed by atoms with Gasteiger partial charge in [0.15, 0.2) is 4.77 Å². The van der Waals surface area contributed by atoms with Crippen LogP contribution in [0, 0.1) is 10.6 Å². The predicted molar refractivity (Wildman–Crippen MR) is 92.4 cm³/mol. The predicted octanol–water partition coefficient (Wildman–Crippen LogP) is 4.54. The first kappa shape index (κ1) is 18.9. The van der Waals surface area contributed by atoms with Crippen LogP contribution < -0.4 is 4.74 Å². The Labute approximate surface area is 155 Å². The third-order valence-electron chi connectivity index (χ3n) is 3.77. The summed E-state index contributed by atoms with van der Waals surface area (Å²) in [4.78, 5) is 19.4. The van der Waals surface area contributed by atoms with E-state index in [4.69, 9.17) is 12.2 Å². The number of H-pyrrole nitrogens is 2. The van der Waals surface area contributed by atoms with Crippen LogP contribution in [0.1, 0.15) is 15.9 Å². The fourth-order valence-electron chi connectivity index (χ4n) is 2.67. The van der Waals surface area contributed by atoms with E-state index in [1.807, 2.05) is 0 Å². The van der Waals surface area contributed by atoms with Crippen molar-refractivity contribution in [2.75, 3.05) is 7.05 Å². The monoisotopic (exact) mass is 399 g/mol. The molecule has 0 spiro atoms. The van der Waals surface area contributed by atoms with Gasteiger partial charge >= 0.3 is 6.36 Å². The van der Waals surface area contributed by atoms with Crippen LogP contribution in [0.4, 0.5) is 17.6 Å². The van der Waals surface area contributed by atoms with Crippen LogP contribution in [0.2, 0.25) is 0 Å². The van der Waals surface area contributed by atoms with Crippen molar-refractivity contribution < 1.29 is 27.1 Å². The normalized spacial score (nSPS) is 11.6. The van der Waals surface area contributed by atoms with Gasteiger partial charge in [0.1, 0.15) is 11.6 Å². The van der Waals surface area contributed by atoms with Gasteiger partial charge in [0.25, 0.3) is 5.91 Å². The summed E-state index contributed by atoms with van der Waals surface area (Å²) in [7, 11) is 1.39. The van der Waals surface area contributed by atoms with Crippen molar-refractivity contribution in [2.45, 2.75) is 12.9 Å². The maximum Gasteiger partial charge on any atom is 0.573 e. The van der Waals surface area contributed by atoms with E-state index in [2.05, 4.69) is 14.7 Å². The Kier molecular flexibility index (Phi) is 4.92. The van der Waals surface area contributed by atoms with E-state index in [0.717, 1.165) is 17.0 Å². The van der Waals surface area contributed by atoms with E-state index >= 15 is 0 Å². The van der Waals surface area contributed by atoms with E-state index in [9.17, 15) is 22.4 Å². The largest absolute Gasteiger partial charge is 0.573 e. The fraction of sp³-hybridized carbons (Fsp3) is 0.176. The first-order valence-electron chi connectivity index (χ1n) is 7.65. The Bertz CT molecular complexity index is 1060. The summed E-state index contributed by atoms with van der Waals surface area (Å²) in [5.74, 6) is -1.65.